The van der Waals surface area contributed by atoms with Crippen molar-refractivity contribution in [3.8, 4) is 0 Å². The normalized spacial score (nSPS) is 12.3. The van der Waals surface area contributed by atoms with Gasteiger partial charge < -0.3 is 4.90 Å². The Labute approximate surface area is 132 Å². The number of halogens is 6. The summed E-state index contributed by atoms with van der Waals surface area (Å²) in [5.41, 5.74) is -0.563. The van der Waals surface area contributed by atoms with Gasteiger partial charge in [0.05, 0.1) is 15.6 Å². The van der Waals surface area contributed by atoms with E-state index in [0.717, 1.165) is 19.2 Å². The Morgan fingerprint density at radius 3 is 2.24 bits per heavy atom. The minimum absolute atomic E-state index is 0.289. The minimum atomic E-state index is -4.63. The van der Waals surface area contributed by atoms with E-state index in [-0.39, 0.29) is 5.02 Å². The summed E-state index contributed by atoms with van der Waals surface area (Å²) in [5.74, 6) is -1.18. The molecule has 4 nitrogen and oxygen atoms in total. The van der Waals surface area contributed by atoms with Crippen LogP contribution >= 0.6 is 33.9 Å². The van der Waals surface area contributed by atoms with Gasteiger partial charge in [-0.1, -0.05) is 23.2 Å². The zero-order chi connectivity index (χ0) is 16.6. The topological polar surface area (TPSA) is 54.5 Å². The highest BCUT2D eigenvalue weighted by Crippen LogP contribution is 2.33. The van der Waals surface area contributed by atoms with Crippen LogP contribution in [0.3, 0.4) is 0 Å². The van der Waals surface area contributed by atoms with Crippen molar-refractivity contribution in [3.63, 3.8) is 0 Å². The molecule has 0 N–H and O–H groups in total. The second kappa shape index (κ2) is 6.20. The van der Waals surface area contributed by atoms with Crippen molar-refractivity contribution in [2.45, 2.75) is 11.1 Å². The van der Waals surface area contributed by atoms with Gasteiger partial charge in [-0.05, 0) is 12.1 Å². The van der Waals surface area contributed by atoms with Crippen LogP contribution < -0.4 is 0 Å². The van der Waals surface area contributed by atoms with Crippen molar-refractivity contribution in [3.05, 3.63) is 27.7 Å². The lowest BCUT2D eigenvalue weighted by molar-refractivity contribution is -0.138. The summed E-state index contributed by atoms with van der Waals surface area (Å²) in [6.45, 7) is -1.55. The Hall–Kier alpha value is -0.700. The van der Waals surface area contributed by atoms with Crippen molar-refractivity contribution in [2.24, 2.45) is 0 Å². The van der Waals surface area contributed by atoms with E-state index in [9.17, 15) is 26.4 Å². The zero-order valence-corrected chi connectivity index (χ0v) is 13.3. The van der Waals surface area contributed by atoms with Crippen LogP contribution in [0.4, 0.5) is 13.2 Å². The maximum absolute atomic E-state index is 12.3. The fraction of sp³-hybridized carbons (Fsp3) is 0.300. The number of benzene rings is 1. The molecule has 0 aliphatic rings. The molecule has 0 fully saturated rings. The smallest absolute Gasteiger partial charge is 0.333 e. The monoisotopic (exact) mass is 383 g/mol. The molecule has 118 valence electrons. The van der Waals surface area contributed by atoms with Gasteiger partial charge in [0.25, 0.3) is 15.0 Å². The summed E-state index contributed by atoms with van der Waals surface area (Å²) >= 11 is 11.4. The van der Waals surface area contributed by atoms with Gasteiger partial charge in [-0.2, -0.15) is 13.2 Å². The van der Waals surface area contributed by atoms with Crippen LogP contribution in [0, 0.1) is 0 Å². The van der Waals surface area contributed by atoms with Gasteiger partial charge in [-0.3, -0.25) is 4.79 Å². The molecule has 0 atom stereocenters. The molecule has 11 heteroatoms. The number of carbonyl (C=O) groups excluding carboxylic acids is 1. The van der Waals surface area contributed by atoms with Crippen molar-refractivity contribution in [2.75, 3.05) is 13.6 Å². The van der Waals surface area contributed by atoms with E-state index < -0.39 is 43.2 Å². The Balaban J connectivity index is 3.34. The fourth-order valence-electron chi connectivity index (χ4n) is 1.45. The molecule has 1 aromatic rings. The SMILES string of the molecule is CN(CC(F)(F)F)C(=O)c1c(Cl)ccc(S(=O)(=O)Cl)c1Cl. The molecular weight excluding hydrogens is 378 g/mol. The Morgan fingerprint density at radius 2 is 1.81 bits per heavy atom. The van der Waals surface area contributed by atoms with E-state index in [1.165, 1.54) is 0 Å². The van der Waals surface area contributed by atoms with Crippen LogP contribution in [0.1, 0.15) is 10.4 Å². The van der Waals surface area contributed by atoms with Crippen LogP contribution in [0.25, 0.3) is 0 Å². The van der Waals surface area contributed by atoms with Gasteiger partial charge in [-0.15, -0.1) is 0 Å². The first-order valence-electron chi connectivity index (χ1n) is 5.09. The molecular formula is C10H7Cl3F3NO3S. The molecule has 1 aromatic carbocycles. The third-order valence-electron chi connectivity index (χ3n) is 2.30. The van der Waals surface area contributed by atoms with Crippen LogP contribution in [0.15, 0.2) is 17.0 Å². The fourth-order valence-corrected chi connectivity index (χ4v) is 3.34. The van der Waals surface area contributed by atoms with E-state index >= 15 is 0 Å². The van der Waals surface area contributed by atoms with Crippen molar-refractivity contribution >= 4 is 48.8 Å². The quantitative estimate of drug-likeness (QED) is 0.749. The third-order valence-corrected chi connectivity index (χ3v) is 4.48. The van der Waals surface area contributed by atoms with Gasteiger partial charge in [0.2, 0.25) is 0 Å². The van der Waals surface area contributed by atoms with E-state index in [1.54, 1.807) is 0 Å². The second-order valence-electron chi connectivity index (χ2n) is 3.95. The first kappa shape index (κ1) is 18.3. The second-order valence-corrected chi connectivity index (χ2v) is 7.27. The van der Waals surface area contributed by atoms with Crippen LogP contribution in [-0.2, 0) is 9.05 Å². The van der Waals surface area contributed by atoms with Crippen molar-refractivity contribution in [1.82, 2.24) is 4.90 Å². The predicted octanol–water partition coefficient (Wildman–Crippen LogP) is 3.56. The summed E-state index contributed by atoms with van der Waals surface area (Å²) in [5, 5.41) is -0.917. The molecule has 0 saturated heterocycles. The molecule has 1 amide bonds. The number of nitrogens with zero attached hydrogens (tertiary/aromatic N) is 1. The van der Waals surface area contributed by atoms with E-state index in [4.69, 9.17) is 33.9 Å². The molecule has 1 rings (SSSR count). The van der Waals surface area contributed by atoms with Crippen LogP contribution in [-0.4, -0.2) is 39.0 Å². The molecule has 0 bridgehead atoms. The molecule has 0 aliphatic carbocycles. The highest BCUT2D eigenvalue weighted by atomic mass is 35.7. The predicted molar refractivity (Wildman–Crippen MR) is 72.5 cm³/mol. The minimum Gasteiger partial charge on any atom is -0.333 e. The molecule has 0 aromatic heterocycles. The zero-order valence-electron chi connectivity index (χ0n) is 10.2. The molecule has 0 heterocycles. The summed E-state index contributed by atoms with van der Waals surface area (Å²) in [4.78, 5) is 11.7. The first-order chi connectivity index (χ1) is 9.34. The maximum atomic E-state index is 12.3. The largest absolute Gasteiger partial charge is 0.406 e. The number of hydrogen-bond acceptors (Lipinski definition) is 3. The number of alkyl halides is 3. The molecule has 0 unspecified atom stereocenters. The van der Waals surface area contributed by atoms with Gasteiger partial charge in [0, 0.05) is 17.7 Å². The average Bonchev–Trinajstić information content (AvgIpc) is 2.24. The van der Waals surface area contributed by atoms with Crippen LogP contribution in [0.5, 0.6) is 0 Å². The highest BCUT2D eigenvalue weighted by molar-refractivity contribution is 8.13. The van der Waals surface area contributed by atoms with E-state index in [1.807, 2.05) is 0 Å². The number of rotatable bonds is 3. The summed E-state index contributed by atoms with van der Waals surface area (Å²) in [6.07, 6.45) is -4.63. The average molecular weight is 385 g/mol. The number of amides is 1. The summed E-state index contributed by atoms with van der Waals surface area (Å²) in [7, 11) is 1.72. The van der Waals surface area contributed by atoms with E-state index in [2.05, 4.69) is 0 Å². The summed E-state index contributed by atoms with van der Waals surface area (Å²) < 4.78 is 59.4. The molecule has 0 spiro atoms. The van der Waals surface area contributed by atoms with Crippen molar-refractivity contribution < 1.29 is 26.4 Å². The van der Waals surface area contributed by atoms with Gasteiger partial charge in [0.1, 0.15) is 11.4 Å². The lowest BCUT2D eigenvalue weighted by Gasteiger charge is -2.20. The first-order valence-corrected chi connectivity index (χ1v) is 8.16. The number of hydrogen-bond donors (Lipinski definition) is 0. The highest BCUT2D eigenvalue weighted by Gasteiger charge is 2.33. The summed E-state index contributed by atoms with van der Waals surface area (Å²) in [6, 6.07) is 1.96. The Morgan fingerprint density at radius 1 is 1.29 bits per heavy atom. The Bertz CT molecular complexity index is 676. The molecule has 21 heavy (non-hydrogen) atoms. The van der Waals surface area contributed by atoms with Crippen LogP contribution in [0.2, 0.25) is 10.0 Å². The van der Waals surface area contributed by atoms with Gasteiger partial charge in [-0.25, -0.2) is 8.42 Å². The van der Waals surface area contributed by atoms with E-state index in [0.29, 0.717) is 4.90 Å². The molecule has 0 radical (unpaired) electrons. The maximum Gasteiger partial charge on any atom is 0.406 e. The standard InChI is InChI=1S/C10H7Cl3F3NO3S/c1-17(4-10(14,15)16)9(18)7-5(11)2-3-6(8(7)12)21(13,19)20/h2-3H,4H2,1H3. The van der Waals surface area contributed by atoms with Gasteiger partial charge in [0.15, 0.2) is 0 Å². The molecule has 0 aliphatic heterocycles. The molecule has 0 saturated carbocycles. The Kier molecular flexibility index (Phi) is 5.41. The lowest BCUT2D eigenvalue weighted by Crippen LogP contribution is -2.36. The van der Waals surface area contributed by atoms with Gasteiger partial charge >= 0.3 is 6.18 Å². The third kappa shape index (κ3) is 4.64. The number of carbonyl (C=O) groups is 1. The lowest BCUT2D eigenvalue weighted by atomic mass is 10.2. The van der Waals surface area contributed by atoms with Crippen molar-refractivity contribution in [1.29, 1.82) is 0 Å².